The first-order chi connectivity index (χ1) is 32.0. The second-order valence-corrected chi connectivity index (χ2v) is 17.7. The smallest absolute Gasteiger partial charge is 0.143 e. The Bertz CT molecular complexity index is 3390. The lowest BCUT2D eigenvalue weighted by molar-refractivity contribution is 0.489. The second kappa shape index (κ2) is 15.6. The molecule has 0 radical (unpaired) electrons. The zero-order valence-corrected chi connectivity index (χ0v) is 36.4. The maximum absolute atomic E-state index is 7.17. The third-order valence-corrected chi connectivity index (χ3v) is 13.5. The van der Waals surface area contributed by atoms with Crippen molar-refractivity contribution >= 4 is 17.1 Å². The molecule has 10 aromatic carbocycles. The Morgan fingerprint density at radius 3 is 1.49 bits per heavy atom. The number of anilines is 3. The van der Waals surface area contributed by atoms with Crippen molar-refractivity contribution in [1.82, 2.24) is 0 Å². The van der Waals surface area contributed by atoms with Crippen LogP contribution in [0.2, 0.25) is 0 Å². The van der Waals surface area contributed by atoms with Crippen LogP contribution < -0.4 is 9.64 Å². The summed E-state index contributed by atoms with van der Waals surface area (Å²) in [5.41, 5.74) is 22.2. The topological polar surface area (TPSA) is 12.5 Å². The van der Waals surface area contributed by atoms with Gasteiger partial charge in [0.15, 0.2) is 0 Å². The molecule has 0 fully saturated rings. The summed E-state index contributed by atoms with van der Waals surface area (Å²) >= 11 is 0. The minimum Gasteiger partial charge on any atom is -0.455 e. The van der Waals surface area contributed by atoms with Gasteiger partial charge in [0.25, 0.3) is 0 Å². The van der Waals surface area contributed by atoms with Crippen LogP contribution in [-0.4, -0.2) is 0 Å². The van der Waals surface area contributed by atoms with Gasteiger partial charge in [-0.25, -0.2) is 0 Å². The molecule has 12 rings (SSSR count). The van der Waals surface area contributed by atoms with E-state index in [1.807, 2.05) is 0 Å². The number of rotatable bonds is 7. The van der Waals surface area contributed by atoms with Crippen molar-refractivity contribution in [2.75, 3.05) is 4.90 Å². The summed E-state index contributed by atoms with van der Waals surface area (Å²) < 4.78 is 7.17. The first kappa shape index (κ1) is 38.5. The van der Waals surface area contributed by atoms with Crippen LogP contribution in [0.5, 0.6) is 11.5 Å². The molecule has 0 saturated heterocycles. The molecule has 308 valence electrons. The molecule has 0 bridgehead atoms. The molecule has 1 heterocycles. The summed E-state index contributed by atoms with van der Waals surface area (Å²) in [6, 6.07) is 85.6. The number of fused-ring (bicyclic) bond motifs is 8. The average Bonchev–Trinajstić information content (AvgIpc) is 3.49. The maximum atomic E-state index is 7.17. The normalized spacial score (nSPS) is 12.7. The molecule has 0 N–H and O–H groups in total. The van der Waals surface area contributed by atoms with E-state index >= 15 is 0 Å². The molecule has 1 aliphatic carbocycles. The van der Waals surface area contributed by atoms with Gasteiger partial charge in [-0.2, -0.15) is 0 Å². The Morgan fingerprint density at radius 2 is 0.785 bits per heavy atom. The summed E-state index contributed by atoms with van der Waals surface area (Å²) in [4.78, 5) is 2.40. The minimum absolute atomic E-state index is 0.124. The predicted octanol–water partition coefficient (Wildman–Crippen LogP) is 17.6. The van der Waals surface area contributed by atoms with Gasteiger partial charge in [0, 0.05) is 39.2 Å². The van der Waals surface area contributed by atoms with Gasteiger partial charge in [0.2, 0.25) is 0 Å². The van der Waals surface area contributed by atoms with Gasteiger partial charge in [0.1, 0.15) is 11.5 Å². The van der Waals surface area contributed by atoms with E-state index in [-0.39, 0.29) is 5.41 Å². The van der Waals surface area contributed by atoms with Crippen LogP contribution >= 0.6 is 0 Å². The average molecular weight is 832 g/mol. The number of benzene rings is 10. The fraction of sp³-hybridized carbons (Fsp3) is 0.0476. The zero-order valence-electron chi connectivity index (χ0n) is 36.4. The Morgan fingerprint density at radius 1 is 0.308 bits per heavy atom. The minimum atomic E-state index is -0.124. The Kier molecular flexibility index (Phi) is 9.21. The van der Waals surface area contributed by atoms with E-state index in [0.29, 0.717) is 0 Å². The molecule has 2 nitrogen and oxygen atoms in total. The number of hydrogen-bond donors (Lipinski definition) is 0. The monoisotopic (exact) mass is 831 g/mol. The van der Waals surface area contributed by atoms with Crippen molar-refractivity contribution < 1.29 is 4.74 Å². The van der Waals surface area contributed by atoms with Gasteiger partial charge in [-0.3, -0.25) is 0 Å². The van der Waals surface area contributed by atoms with Crippen LogP contribution in [0.15, 0.2) is 237 Å². The quantitative estimate of drug-likeness (QED) is 0.159. The van der Waals surface area contributed by atoms with Crippen molar-refractivity contribution in [3.63, 3.8) is 0 Å². The number of para-hydroxylation sites is 1. The van der Waals surface area contributed by atoms with Crippen molar-refractivity contribution in [1.29, 1.82) is 0 Å². The molecule has 10 aromatic rings. The largest absolute Gasteiger partial charge is 0.455 e. The highest BCUT2D eigenvalue weighted by Crippen LogP contribution is 2.54. The molecule has 0 amide bonds. The van der Waals surface area contributed by atoms with Crippen LogP contribution in [0.4, 0.5) is 17.1 Å². The van der Waals surface area contributed by atoms with E-state index in [1.165, 1.54) is 44.5 Å². The van der Waals surface area contributed by atoms with Crippen LogP contribution in [-0.2, 0) is 5.41 Å². The Balaban J connectivity index is 0.994. The van der Waals surface area contributed by atoms with Gasteiger partial charge in [-0.05, 0) is 121 Å². The fourth-order valence-electron chi connectivity index (χ4n) is 10.2. The van der Waals surface area contributed by atoms with E-state index in [4.69, 9.17) is 4.74 Å². The standard InChI is InChI=1S/C63H45NO/c1-63(2)58-26-13-12-22-53(58)54-39-37-50(41-59(54)63)64(48-33-28-44(29-34-48)42-16-6-3-7-17-42)49-35-30-46(31-36-49)51-23-15-27-60-61(51)55-38-32-47(43-18-8-4-9-19-43)40-57(55)56-25-14-24-52(62(56)65-60)45-20-10-5-11-21-45/h3-41H,1-2H3. The molecule has 0 saturated carbocycles. The lowest BCUT2D eigenvalue weighted by Crippen LogP contribution is -2.16. The highest BCUT2D eigenvalue weighted by Gasteiger charge is 2.36. The van der Waals surface area contributed by atoms with Crippen LogP contribution in [0, 0.1) is 0 Å². The van der Waals surface area contributed by atoms with Gasteiger partial charge >= 0.3 is 0 Å². The van der Waals surface area contributed by atoms with Crippen molar-refractivity contribution in [2.45, 2.75) is 19.3 Å². The molecular formula is C63H45NO. The summed E-state index contributed by atoms with van der Waals surface area (Å²) in [6.45, 7) is 4.70. The Hall–Kier alpha value is -8.20. The molecular weight excluding hydrogens is 787 g/mol. The first-order valence-electron chi connectivity index (χ1n) is 22.5. The van der Waals surface area contributed by atoms with E-state index < -0.39 is 0 Å². The summed E-state index contributed by atoms with van der Waals surface area (Å²) in [6.07, 6.45) is 0. The SMILES string of the molecule is CC1(C)c2ccccc2-c2ccc(N(c3ccc(-c4ccccc4)cc3)c3ccc(-c4cccc5c4-c4ccc(-c6ccccc6)cc4-c4cccc(-c6ccccc6)c4O5)cc3)cc21. The zero-order chi connectivity index (χ0) is 43.5. The van der Waals surface area contributed by atoms with Crippen molar-refractivity contribution in [2.24, 2.45) is 0 Å². The third kappa shape index (κ3) is 6.57. The molecule has 0 unspecified atom stereocenters. The summed E-state index contributed by atoms with van der Waals surface area (Å²) in [5.74, 6) is 1.70. The van der Waals surface area contributed by atoms with Crippen LogP contribution in [0.3, 0.4) is 0 Å². The fourth-order valence-corrected chi connectivity index (χ4v) is 10.2. The highest BCUT2D eigenvalue weighted by atomic mass is 16.5. The summed E-state index contributed by atoms with van der Waals surface area (Å²) in [5, 5.41) is 0. The van der Waals surface area contributed by atoms with E-state index in [1.54, 1.807) is 0 Å². The number of nitrogens with zero attached hydrogens (tertiary/aromatic N) is 1. The van der Waals surface area contributed by atoms with E-state index in [0.717, 1.165) is 73.1 Å². The molecule has 2 heteroatoms. The lowest BCUT2D eigenvalue weighted by atomic mass is 9.82. The maximum Gasteiger partial charge on any atom is 0.143 e. The van der Waals surface area contributed by atoms with Crippen molar-refractivity contribution in [3.05, 3.63) is 248 Å². The number of ether oxygens (including phenoxy) is 1. The molecule has 0 spiro atoms. The van der Waals surface area contributed by atoms with Crippen LogP contribution in [0.25, 0.3) is 77.9 Å². The highest BCUT2D eigenvalue weighted by molar-refractivity contribution is 6.01. The van der Waals surface area contributed by atoms with Gasteiger partial charge in [-0.15, -0.1) is 0 Å². The number of hydrogen-bond acceptors (Lipinski definition) is 2. The third-order valence-electron chi connectivity index (χ3n) is 13.5. The van der Waals surface area contributed by atoms with Crippen LogP contribution in [0.1, 0.15) is 25.0 Å². The second-order valence-electron chi connectivity index (χ2n) is 17.7. The molecule has 1 aliphatic heterocycles. The molecule has 0 atom stereocenters. The van der Waals surface area contributed by atoms with E-state index in [9.17, 15) is 0 Å². The Labute approximate surface area is 381 Å². The molecule has 2 aliphatic rings. The van der Waals surface area contributed by atoms with Gasteiger partial charge in [-0.1, -0.05) is 202 Å². The van der Waals surface area contributed by atoms with Crippen molar-refractivity contribution in [3.8, 4) is 89.4 Å². The first-order valence-corrected chi connectivity index (χ1v) is 22.5. The molecule has 65 heavy (non-hydrogen) atoms. The lowest BCUT2D eigenvalue weighted by Gasteiger charge is -2.28. The predicted molar refractivity (Wildman–Crippen MR) is 271 cm³/mol. The summed E-state index contributed by atoms with van der Waals surface area (Å²) in [7, 11) is 0. The van der Waals surface area contributed by atoms with Gasteiger partial charge < -0.3 is 9.64 Å². The van der Waals surface area contributed by atoms with Gasteiger partial charge in [0.05, 0.1) is 0 Å². The van der Waals surface area contributed by atoms with E-state index in [2.05, 4.69) is 255 Å². The molecule has 0 aromatic heterocycles.